The molecule has 7 heteroatoms. The maximum absolute atomic E-state index is 12.5. The Bertz CT molecular complexity index is 811. The van der Waals surface area contributed by atoms with E-state index in [4.69, 9.17) is 27.9 Å². The molecule has 0 bridgehead atoms. The van der Waals surface area contributed by atoms with Gasteiger partial charge in [-0.15, -0.1) is 11.3 Å². The summed E-state index contributed by atoms with van der Waals surface area (Å²) in [6, 6.07) is 6.71. The van der Waals surface area contributed by atoms with E-state index in [-0.39, 0.29) is 5.91 Å². The largest absolute Gasteiger partial charge is 0.448 e. The number of hydrogen-bond donors (Lipinski definition) is 1. The van der Waals surface area contributed by atoms with Gasteiger partial charge >= 0.3 is 5.97 Å². The van der Waals surface area contributed by atoms with Crippen LogP contribution in [0.4, 0.5) is 5.69 Å². The Hall–Kier alpha value is -1.56. The van der Waals surface area contributed by atoms with Gasteiger partial charge in [-0.2, -0.15) is 0 Å². The molecule has 0 spiro atoms. The molecule has 4 nitrogen and oxygen atoms in total. The van der Waals surface area contributed by atoms with Gasteiger partial charge in [0.15, 0.2) is 6.10 Å². The minimum atomic E-state index is -0.865. The Balaban J connectivity index is 1.66. The number of thiophene rings is 1. The van der Waals surface area contributed by atoms with Crippen LogP contribution in [-0.2, 0) is 22.4 Å². The number of hydrogen-bond acceptors (Lipinski definition) is 4. The quantitative estimate of drug-likeness (QED) is 0.659. The summed E-state index contributed by atoms with van der Waals surface area (Å²) in [4.78, 5) is 26.7. The summed E-state index contributed by atoms with van der Waals surface area (Å²) in [5, 5.41) is 3.46. The highest BCUT2D eigenvalue weighted by molar-refractivity contribution is 7.14. The maximum Gasteiger partial charge on any atom is 0.349 e. The van der Waals surface area contributed by atoms with Gasteiger partial charge in [0.05, 0.1) is 10.0 Å². The molecular formula is C19H19Cl2NO3S. The van der Waals surface area contributed by atoms with Crippen molar-refractivity contribution in [3.05, 3.63) is 49.6 Å². The summed E-state index contributed by atoms with van der Waals surface area (Å²) in [6.45, 7) is 1.80. The molecule has 138 valence electrons. The molecule has 26 heavy (non-hydrogen) atoms. The molecule has 0 saturated heterocycles. The molecule has 1 amide bonds. The fraction of sp³-hybridized carbons (Fsp3) is 0.368. The smallest absolute Gasteiger partial charge is 0.349 e. The first-order valence-corrected chi connectivity index (χ1v) is 10.1. The molecule has 1 aliphatic carbocycles. The zero-order valence-corrected chi connectivity index (χ0v) is 16.6. The molecule has 0 fully saturated rings. The lowest BCUT2D eigenvalue weighted by Gasteiger charge is -2.16. The normalized spacial score (nSPS) is 14.4. The topological polar surface area (TPSA) is 55.4 Å². The molecule has 0 saturated carbocycles. The Labute approximate surface area is 166 Å². The number of carbonyl (C=O) groups is 2. The van der Waals surface area contributed by atoms with Crippen LogP contribution in [0.5, 0.6) is 0 Å². The third kappa shape index (κ3) is 4.40. The van der Waals surface area contributed by atoms with Crippen LogP contribution in [0.25, 0.3) is 0 Å². The Morgan fingerprint density at radius 1 is 1.19 bits per heavy atom. The molecule has 1 aliphatic rings. The molecule has 1 aromatic carbocycles. The van der Waals surface area contributed by atoms with Crippen molar-refractivity contribution >= 4 is 52.1 Å². The van der Waals surface area contributed by atoms with Crippen molar-refractivity contribution in [3.8, 4) is 0 Å². The lowest BCUT2D eigenvalue weighted by atomic mass is 9.99. The van der Waals surface area contributed by atoms with Gasteiger partial charge in [0.1, 0.15) is 4.88 Å². The van der Waals surface area contributed by atoms with Gasteiger partial charge < -0.3 is 10.1 Å². The third-order valence-corrected chi connectivity index (χ3v) is 6.25. The first kappa shape index (κ1) is 19.2. The van der Waals surface area contributed by atoms with Gasteiger partial charge in [-0.05, 0) is 61.9 Å². The highest BCUT2D eigenvalue weighted by Gasteiger charge is 2.25. The SMILES string of the molecule is CCC(OC(=O)c1cc2c(s1)CCCC2)C(=O)Nc1ccc(Cl)c(Cl)c1. The van der Waals surface area contributed by atoms with Crippen molar-refractivity contribution < 1.29 is 14.3 Å². The number of ether oxygens (including phenoxy) is 1. The first-order chi connectivity index (χ1) is 12.5. The van der Waals surface area contributed by atoms with Gasteiger partial charge in [0.25, 0.3) is 5.91 Å². The molecular weight excluding hydrogens is 393 g/mol. The minimum absolute atomic E-state index is 0.346. The van der Waals surface area contributed by atoms with Crippen LogP contribution in [0.2, 0.25) is 10.0 Å². The summed E-state index contributed by atoms with van der Waals surface area (Å²) in [6.07, 6.45) is 3.85. The van der Waals surface area contributed by atoms with Crippen LogP contribution >= 0.6 is 34.5 Å². The second kappa shape index (κ2) is 8.42. The maximum atomic E-state index is 12.5. The Morgan fingerprint density at radius 3 is 2.65 bits per heavy atom. The van der Waals surface area contributed by atoms with Crippen molar-refractivity contribution in [2.24, 2.45) is 0 Å². The number of fused-ring (bicyclic) bond motifs is 1. The number of nitrogens with one attached hydrogen (secondary N) is 1. The van der Waals surface area contributed by atoms with E-state index in [1.54, 1.807) is 25.1 Å². The van der Waals surface area contributed by atoms with Crippen LogP contribution in [0.1, 0.15) is 46.3 Å². The number of halogens is 2. The number of anilines is 1. The van der Waals surface area contributed by atoms with Crippen molar-refractivity contribution in [2.75, 3.05) is 5.32 Å². The monoisotopic (exact) mass is 411 g/mol. The average molecular weight is 412 g/mol. The second-order valence-corrected chi connectivity index (χ2v) is 8.14. The highest BCUT2D eigenvalue weighted by atomic mass is 35.5. The van der Waals surface area contributed by atoms with Crippen molar-refractivity contribution in [3.63, 3.8) is 0 Å². The zero-order chi connectivity index (χ0) is 18.7. The molecule has 1 aromatic heterocycles. The van der Waals surface area contributed by atoms with E-state index in [1.807, 2.05) is 6.07 Å². The van der Waals surface area contributed by atoms with Crippen molar-refractivity contribution in [1.82, 2.24) is 0 Å². The van der Waals surface area contributed by atoms with Crippen LogP contribution in [0.3, 0.4) is 0 Å². The first-order valence-electron chi connectivity index (χ1n) is 8.56. The molecule has 1 unspecified atom stereocenters. The van der Waals surface area contributed by atoms with Gasteiger partial charge in [-0.25, -0.2) is 4.79 Å². The zero-order valence-electron chi connectivity index (χ0n) is 14.3. The summed E-state index contributed by atoms with van der Waals surface area (Å²) in [7, 11) is 0. The third-order valence-electron chi connectivity index (χ3n) is 4.30. The van der Waals surface area contributed by atoms with Crippen molar-refractivity contribution in [1.29, 1.82) is 0 Å². The average Bonchev–Trinajstić information content (AvgIpc) is 3.06. The second-order valence-electron chi connectivity index (χ2n) is 6.19. The van der Waals surface area contributed by atoms with Gasteiger partial charge in [0.2, 0.25) is 0 Å². The van der Waals surface area contributed by atoms with E-state index in [0.29, 0.717) is 27.0 Å². The number of amides is 1. The summed E-state index contributed by atoms with van der Waals surface area (Å²) in [5.41, 5.74) is 1.74. The van der Waals surface area contributed by atoms with E-state index < -0.39 is 12.1 Å². The predicted molar refractivity (Wildman–Crippen MR) is 106 cm³/mol. The van der Waals surface area contributed by atoms with E-state index in [2.05, 4.69) is 5.32 Å². The van der Waals surface area contributed by atoms with E-state index in [0.717, 1.165) is 25.7 Å². The molecule has 1 atom stereocenters. The van der Waals surface area contributed by atoms with Gasteiger partial charge in [-0.1, -0.05) is 30.1 Å². The highest BCUT2D eigenvalue weighted by Crippen LogP contribution is 2.30. The summed E-state index contributed by atoms with van der Waals surface area (Å²) in [5.74, 6) is -0.832. The summed E-state index contributed by atoms with van der Waals surface area (Å²) >= 11 is 13.3. The Morgan fingerprint density at radius 2 is 1.96 bits per heavy atom. The van der Waals surface area contributed by atoms with Crippen LogP contribution in [0.15, 0.2) is 24.3 Å². The number of benzene rings is 1. The van der Waals surface area contributed by atoms with E-state index >= 15 is 0 Å². The van der Waals surface area contributed by atoms with E-state index in [1.165, 1.54) is 21.8 Å². The van der Waals surface area contributed by atoms with Crippen molar-refractivity contribution in [2.45, 2.75) is 45.1 Å². The predicted octanol–water partition coefficient (Wildman–Crippen LogP) is 5.51. The molecule has 1 N–H and O–H groups in total. The fourth-order valence-corrected chi connectivity index (χ4v) is 4.33. The van der Waals surface area contributed by atoms with E-state index in [9.17, 15) is 9.59 Å². The molecule has 0 aliphatic heterocycles. The minimum Gasteiger partial charge on any atom is -0.448 e. The number of aryl methyl sites for hydroxylation is 2. The van der Waals surface area contributed by atoms with Gasteiger partial charge in [0, 0.05) is 10.6 Å². The Kier molecular flexibility index (Phi) is 6.22. The summed E-state index contributed by atoms with van der Waals surface area (Å²) < 4.78 is 5.45. The molecule has 1 heterocycles. The van der Waals surface area contributed by atoms with Crippen LogP contribution in [-0.4, -0.2) is 18.0 Å². The molecule has 0 radical (unpaired) electrons. The van der Waals surface area contributed by atoms with Crippen LogP contribution in [0, 0.1) is 0 Å². The number of rotatable bonds is 5. The molecule has 2 aromatic rings. The standard InChI is InChI=1S/C19H19Cl2NO3S/c1-2-15(18(23)22-12-7-8-13(20)14(21)10-12)25-19(24)17-9-11-5-3-4-6-16(11)26-17/h7-10,15H,2-6H2,1H3,(H,22,23). The fourth-order valence-electron chi connectivity index (χ4n) is 2.90. The molecule has 3 rings (SSSR count). The number of esters is 1. The van der Waals surface area contributed by atoms with Crippen LogP contribution < -0.4 is 5.32 Å². The lowest BCUT2D eigenvalue weighted by Crippen LogP contribution is -2.31. The van der Waals surface area contributed by atoms with Gasteiger partial charge in [-0.3, -0.25) is 4.79 Å². The number of carbonyl (C=O) groups excluding carboxylic acids is 2. The lowest BCUT2D eigenvalue weighted by molar-refractivity contribution is -0.124.